The molecule has 1 aromatic carbocycles. The van der Waals surface area contributed by atoms with Crippen molar-refractivity contribution in [2.75, 3.05) is 6.61 Å². The second-order valence-corrected chi connectivity index (χ2v) is 4.55. The van der Waals surface area contributed by atoms with Gasteiger partial charge in [-0.15, -0.1) is 0 Å². The lowest BCUT2D eigenvalue weighted by Gasteiger charge is -2.08. The Hall–Kier alpha value is -0.603. The fraction of sp³-hybridized carbons (Fsp3) is 0.538. The maximum absolute atomic E-state index is 5.27. The van der Waals surface area contributed by atoms with E-state index in [0.29, 0.717) is 0 Å². The molecule has 0 saturated heterocycles. The standard InChI is InChI=1S/C13H22OSi/c1-2-3-4-7-12-8-5-6-9-13(12)10-11-14-15/h5-6,8-9H,2-4,7,10-11H2,1,15H3. The van der Waals surface area contributed by atoms with E-state index in [1.54, 1.807) is 0 Å². The van der Waals surface area contributed by atoms with Crippen molar-refractivity contribution < 1.29 is 4.43 Å². The molecule has 1 nitrogen and oxygen atoms in total. The summed E-state index contributed by atoms with van der Waals surface area (Å²) in [6.07, 6.45) is 6.25. The van der Waals surface area contributed by atoms with Gasteiger partial charge in [-0.05, 0) is 30.4 Å². The fourth-order valence-electron chi connectivity index (χ4n) is 1.82. The summed E-state index contributed by atoms with van der Waals surface area (Å²) in [6.45, 7) is 3.14. The van der Waals surface area contributed by atoms with Gasteiger partial charge >= 0.3 is 0 Å². The van der Waals surface area contributed by atoms with E-state index in [9.17, 15) is 0 Å². The summed E-state index contributed by atoms with van der Waals surface area (Å²) in [4.78, 5) is 0. The van der Waals surface area contributed by atoms with Crippen LogP contribution in [0.1, 0.15) is 37.3 Å². The third-order valence-electron chi connectivity index (χ3n) is 2.74. The molecule has 0 fully saturated rings. The monoisotopic (exact) mass is 222 g/mol. The Kier molecular flexibility index (Phi) is 6.36. The molecular formula is C13H22OSi. The Bertz CT molecular complexity index is 273. The lowest BCUT2D eigenvalue weighted by atomic mass is 9.99. The molecule has 0 aromatic heterocycles. The zero-order valence-corrected chi connectivity index (χ0v) is 12.0. The molecule has 1 rings (SSSR count). The van der Waals surface area contributed by atoms with Crippen LogP contribution in [0.3, 0.4) is 0 Å². The van der Waals surface area contributed by atoms with Gasteiger partial charge in [0.2, 0.25) is 0 Å². The van der Waals surface area contributed by atoms with Gasteiger partial charge in [-0.2, -0.15) is 0 Å². The lowest BCUT2D eigenvalue weighted by molar-refractivity contribution is 0.354. The summed E-state index contributed by atoms with van der Waals surface area (Å²) in [5, 5.41) is 0. The average Bonchev–Trinajstić information content (AvgIpc) is 2.28. The summed E-state index contributed by atoms with van der Waals surface area (Å²) in [5.41, 5.74) is 2.99. The highest BCUT2D eigenvalue weighted by atomic mass is 28.2. The highest BCUT2D eigenvalue weighted by Gasteiger charge is 2.00. The molecule has 0 heterocycles. The van der Waals surface area contributed by atoms with Gasteiger partial charge in [-0.25, -0.2) is 0 Å². The van der Waals surface area contributed by atoms with Crippen LogP contribution in [0.5, 0.6) is 0 Å². The van der Waals surface area contributed by atoms with Crippen LogP contribution in [-0.4, -0.2) is 17.1 Å². The third-order valence-corrected chi connectivity index (χ3v) is 3.15. The Labute approximate surface area is 96.4 Å². The van der Waals surface area contributed by atoms with Crippen LogP contribution in [0.4, 0.5) is 0 Å². The minimum Gasteiger partial charge on any atom is -0.428 e. The molecule has 15 heavy (non-hydrogen) atoms. The summed E-state index contributed by atoms with van der Waals surface area (Å²) in [5.74, 6) is 0. The molecule has 0 unspecified atom stereocenters. The maximum atomic E-state index is 5.27. The van der Waals surface area contributed by atoms with E-state index < -0.39 is 0 Å². The highest BCUT2D eigenvalue weighted by Crippen LogP contribution is 2.13. The molecule has 0 spiro atoms. The Balaban J connectivity index is 2.52. The summed E-state index contributed by atoms with van der Waals surface area (Å²) >= 11 is 0. The molecule has 0 aliphatic carbocycles. The highest BCUT2D eigenvalue weighted by molar-refractivity contribution is 5.97. The first kappa shape index (κ1) is 12.5. The zero-order valence-electron chi connectivity index (χ0n) is 9.96. The van der Waals surface area contributed by atoms with Crippen molar-refractivity contribution in [1.29, 1.82) is 0 Å². The van der Waals surface area contributed by atoms with Gasteiger partial charge in [-0.3, -0.25) is 0 Å². The quantitative estimate of drug-likeness (QED) is 0.508. The summed E-state index contributed by atoms with van der Waals surface area (Å²) in [6, 6.07) is 8.78. The SMILES string of the molecule is CCCCCc1ccccc1CCO[SiH3]. The molecule has 0 N–H and O–H groups in total. The second-order valence-electron chi connectivity index (χ2n) is 3.97. The van der Waals surface area contributed by atoms with E-state index in [1.165, 1.54) is 36.8 Å². The largest absolute Gasteiger partial charge is 0.428 e. The number of rotatable bonds is 7. The first-order chi connectivity index (χ1) is 7.38. The minimum absolute atomic E-state index is 0.851. The summed E-state index contributed by atoms with van der Waals surface area (Å²) < 4.78 is 5.27. The van der Waals surface area contributed by atoms with Crippen LogP contribution < -0.4 is 0 Å². The molecule has 0 amide bonds. The molecule has 0 atom stereocenters. The topological polar surface area (TPSA) is 9.23 Å². The lowest BCUT2D eigenvalue weighted by Crippen LogP contribution is -2.00. The van der Waals surface area contributed by atoms with E-state index >= 15 is 0 Å². The molecule has 0 saturated carbocycles. The van der Waals surface area contributed by atoms with Gasteiger partial charge in [0.25, 0.3) is 0 Å². The maximum Gasteiger partial charge on any atom is 0.145 e. The van der Waals surface area contributed by atoms with Crippen molar-refractivity contribution in [3.8, 4) is 0 Å². The first-order valence-corrected chi connectivity index (χ1v) is 6.75. The Morgan fingerprint density at radius 3 is 2.33 bits per heavy atom. The first-order valence-electron chi connectivity index (χ1n) is 5.94. The predicted octanol–water partition coefficient (Wildman–Crippen LogP) is 2.26. The van der Waals surface area contributed by atoms with Gasteiger partial charge in [0.1, 0.15) is 10.5 Å². The number of hydrogen-bond acceptors (Lipinski definition) is 1. The Morgan fingerprint density at radius 1 is 1.07 bits per heavy atom. The van der Waals surface area contributed by atoms with E-state index in [2.05, 4.69) is 31.2 Å². The van der Waals surface area contributed by atoms with E-state index in [1.807, 2.05) is 0 Å². The fourth-order valence-corrected chi connectivity index (χ4v) is 2.03. The molecule has 0 aliphatic rings. The van der Waals surface area contributed by atoms with Crippen molar-refractivity contribution in [3.05, 3.63) is 35.4 Å². The van der Waals surface area contributed by atoms with Crippen LogP contribution in [0.2, 0.25) is 0 Å². The van der Waals surface area contributed by atoms with Crippen molar-refractivity contribution >= 4 is 10.5 Å². The predicted molar refractivity (Wildman–Crippen MR) is 69.3 cm³/mol. The Morgan fingerprint density at radius 2 is 1.73 bits per heavy atom. The number of aryl methyl sites for hydroxylation is 1. The van der Waals surface area contributed by atoms with E-state index in [0.717, 1.165) is 23.5 Å². The van der Waals surface area contributed by atoms with Crippen molar-refractivity contribution in [1.82, 2.24) is 0 Å². The van der Waals surface area contributed by atoms with Crippen LogP contribution in [0, 0.1) is 0 Å². The van der Waals surface area contributed by atoms with Gasteiger partial charge in [-0.1, -0.05) is 44.0 Å². The third kappa shape index (κ3) is 4.63. The van der Waals surface area contributed by atoms with Crippen molar-refractivity contribution in [2.45, 2.75) is 39.0 Å². The molecule has 0 radical (unpaired) electrons. The minimum atomic E-state index is 0.851. The van der Waals surface area contributed by atoms with Crippen LogP contribution >= 0.6 is 0 Å². The van der Waals surface area contributed by atoms with E-state index in [4.69, 9.17) is 4.43 Å². The van der Waals surface area contributed by atoms with E-state index in [-0.39, 0.29) is 0 Å². The molecule has 1 aromatic rings. The number of hydrogen-bond donors (Lipinski definition) is 0. The number of benzene rings is 1. The molecular weight excluding hydrogens is 200 g/mol. The van der Waals surface area contributed by atoms with Gasteiger partial charge in [0, 0.05) is 6.61 Å². The van der Waals surface area contributed by atoms with Crippen molar-refractivity contribution in [2.24, 2.45) is 0 Å². The van der Waals surface area contributed by atoms with Crippen LogP contribution in [0.25, 0.3) is 0 Å². The molecule has 2 heteroatoms. The normalized spacial score (nSPS) is 10.7. The van der Waals surface area contributed by atoms with Crippen LogP contribution in [0.15, 0.2) is 24.3 Å². The molecule has 0 bridgehead atoms. The van der Waals surface area contributed by atoms with Crippen LogP contribution in [-0.2, 0) is 17.3 Å². The van der Waals surface area contributed by atoms with Gasteiger partial charge in [0.15, 0.2) is 0 Å². The average molecular weight is 222 g/mol. The van der Waals surface area contributed by atoms with Crippen molar-refractivity contribution in [3.63, 3.8) is 0 Å². The second kappa shape index (κ2) is 7.66. The number of unbranched alkanes of at least 4 members (excludes halogenated alkanes) is 2. The summed E-state index contributed by atoms with van der Waals surface area (Å²) in [7, 11) is 0.851. The zero-order chi connectivity index (χ0) is 10.9. The molecule has 84 valence electrons. The molecule has 0 aliphatic heterocycles. The smallest absolute Gasteiger partial charge is 0.145 e. The van der Waals surface area contributed by atoms with Gasteiger partial charge in [0.05, 0.1) is 0 Å². The van der Waals surface area contributed by atoms with Gasteiger partial charge < -0.3 is 4.43 Å².